The number of nitrogens with two attached hydrogens (primary N) is 1. The smallest absolute Gasteiger partial charge is 0.220 e. The van der Waals surface area contributed by atoms with Gasteiger partial charge in [0.25, 0.3) is 0 Å². The molecule has 2 aromatic rings. The van der Waals surface area contributed by atoms with Crippen LogP contribution in [0, 0.1) is 5.92 Å². The molecule has 1 amide bonds. The number of hydrogen-bond acceptors (Lipinski definition) is 2. The van der Waals surface area contributed by atoms with E-state index in [1.54, 1.807) is 0 Å². The number of halogens is 1. The van der Waals surface area contributed by atoms with Crippen LogP contribution in [0.25, 0.3) is 10.9 Å². The topological polar surface area (TPSA) is 60.0 Å². The Morgan fingerprint density at radius 2 is 1.76 bits per heavy atom. The van der Waals surface area contributed by atoms with E-state index >= 15 is 0 Å². The molecule has 160 valence electrons. The fraction of sp³-hybridized carbons (Fsp3) is 0.625. The summed E-state index contributed by atoms with van der Waals surface area (Å²) in [7, 11) is 0. The molecule has 0 bridgehead atoms. The summed E-state index contributed by atoms with van der Waals surface area (Å²) in [5.74, 6) is 0.989. The zero-order chi connectivity index (χ0) is 19.3. The molecule has 2 fully saturated rings. The molecule has 4 rings (SSSR count). The first-order chi connectivity index (χ1) is 13.7. The minimum Gasteiger partial charge on any atom is -0.353 e. The third-order valence-corrected chi connectivity index (χ3v) is 6.81. The van der Waals surface area contributed by atoms with E-state index in [4.69, 9.17) is 5.73 Å². The summed E-state index contributed by atoms with van der Waals surface area (Å²) >= 11 is 0. The Labute approximate surface area is 181 Å². The van der Waals surface area contributed by atoms with E-state index in [-0.39, 0.29) is 18.3 Å². The highest BCUT2D eigenvalue weighted by Crippen LogP contribution is 2.29. The summed E-state index contributed by atoms with van der Waals surface area (Å²) in [6.07, 6.45) is 14.7. The predicted molar refractivity (Wildman–Crippen MR) is 122 cm³/mol. The van der Waals surface area contributed by atoms with Crippen molar-refractivity contribution < 1.29 is 4.79 Å². The van der Waals surface area contributed by atoms with Crippen molar-refractivity contribution in [2.75, 3.05) is 0 Å². The lowest BCUT2D eigenvalue weighted by molar-refractivity contribution is -0.122. The van der Waals surface area contributed by atoms with Crippen molar-refractivity contribution in [1.29, 1.82) is 0 Å². The average Bonchev–Trinajstić information content (AvgIpc) is 3.07. The average molecular weight is 418 g/mol. The minimum absolute atomic E-state index is 0. The van der Waals surface area contributed by atoms with Gasteiger partial charge < -0.3 is 15.6 Å². The number of carbonyl (C=O) groups excluding carboxylic acids is 1. The molecule has 2 aliphatic rings. The molecule has 0 atom stereocenters. The zero-order valence-electron chi connectivity index (χ0n) is 17.4. The Balaban J connectivity index is 0.00000240. The van der Waals surface area contributed by atoms with Gasteiger partial charge in [0, 0.05) is 42.1 Å². The van der Waals surface area contributed by atoms with Gasteiger partial charge >= 0.3 is 0 Å². The molecule has 5 heteroatoms. The number of para-hydroxylation sites is 1. The summed E-state index contributed by atoms with van der Waals surface area (Å²) < 4.78 is 2.45. The number of hydrogen-bond donors (Lipinski definition) is 2. The predicted octanol–water partition coefficient (Wildman–Crippen LogP) is 4.96. The number of benzene rings is 1. The lowest BCUT2D eigenvalue weighted by Gasteiger charge is -2.26. The zero-order valence-corrected chi connectivity index (χ0v) is 18.3. The minimum atomic E-state index is 0. The van der Waals surface area contributed by atoms with Gasteiger partial charge in [-0.25, -0.2) is 0 Å². The number of carbonyl (C=O) groups is 1. The van der Waals surface area contributed by atoms with E-state index in [2.05, 4.69) is 40.3 Å². The standard InChI is InChI=1S/C24H35N3O.ClH/c25-20-11-13-21(14-12-20)26-24(28)15-10-19-17-27(16-18-6-2-1-3-7-18)23-9-5-4-8-22(19)23;/h4-5,8-9,17-18,20-21H,1-3,6-7,10-16,25H2,(H,26,28);1H. The highest BCUT2D eigenvalue weighted by atomic mass is 35.5. The van der Waals surface area contributed by atoms with Crippen LogP contribution in [0.3, 0.4) is 0 Å². The van der Waals surface area contributed by atoms with Crippen LogP contribution >= 0.6 is 12.4 Å². The van der Waals surface area contributed by atoms with Crippen molar-refractivity contribution in [3.05, 3.63) is 36.0 Å². The lowest BCUT2D eigenvalue weighted by Crippen LogP contribution is -2.40. The summed E-state index contributed by atoms with van der Waals surface area (Å²) in [6.45, 7) is 1.12. The van der Waals surface area contributed by atoms with E-state index in [1.165, 1.54) is 48.6 Å². The van der Waals surface area contributed by atoms with Crippen LogP contribution in [0.5, 0.6) is 0 Å². The fourth-order valence-corrected chi connectivity index (χ4v) is 5.13. The second-order valence-corrected chi connectivity index (χ2v) is 9.01. The van der Waals surface area contributed by atoms with Crippen molar-refractivity contribution >= 4 is 29.2 Å². The van der Waals surface area contributed by atoms with Crippen molar-refractivity contribution in [2.45, 2.75) is 89.3 Å². The van der Waals surface area contributed by atoms with Crippen LogP contribution in [-0.2, 0) is 17.8 Å². The number of nitrogens with one attached hydrogen (secondary N) is 1. The first kappa shape index (κ1) is 22.2. The molecule has 29 heavy (non-hydrogen) atoms. The monoisotopic (exact) mass is 417 g/mol. The Bertz CT molecular complexity index is 789. The van der Waals surface area contributed by atoms with Crippen molar-refractivity contribution in [2.24, 2.45) is 11.7 Å². The van der Waals surface area contributed by atoms with Gasteiger partial charge in [-0.05, 0) is 62.5 Å². The summed E-state index contributed by atoms with van der Waals surface area (Å²) in [5, 5.41) is 4.54. The van der Waals surface area contributed by atoms with Gasteiger partial charge in [0.2, 0.25) is 5.91 Å². The molecule has 2 aliphatic carbocycles. The Morgan fingerprint density at radius 3 is 2.52 bits per heavy atom. The van der Waals surface area contributed by atoms with E-state index in [9.17, 15) is 4.79 Å². The van der Waals surface area contributed by atoms with Crippen LogP contribution < -0.4 is 11.1 Å². The van der Waals surface area contributed by atoms with E-state index < -0.39 is 0 Å². The van der Waals surface area contributed by atoms with E-state index in [0.29, 0.717) is 18.5 Å². The van der Waals surface area contributed by atoms with Crippen molar-refractivity contribution in [1.82, 2.24) is 9.88 Å². The Hall–Kier alpha value is -1.52. The summed E-state index contributed by atoms with van der Waals surface area (Å²) in [6, 6.07) is 9.32. The first-order valence-electron chi connectivity index (χ1n) is 11.3. The van der Waals surface area contributed by atoms with Gasteiger partial charge in [-0.3, -0.25) is 4.79 Å². The molecule has 0 radical (unpaired) electrons. The number of amides is 1. The molecule has 0 unspecified atom stereocenters. The molecule has 2 saturated carbocycles. The largest absolute Gasteiger partial charge is 0.353 e. The molecule has 0 saturated heterocycles. The van der Waals surface area contributed by atoms with Crippen molar-refractivity contribution in [3.63, 3.8) is 0 Å². The normalized spacial score (nSPS) is 22.9. The fourth-order valence-electron chi connectivity index (χ4n) is 5.13. The molecule has 0 aliphatic heterocycles. The molecular formula is C24H36ClN3O. The molecule has 1 heterocycles. The van der Waals surface area contributed by atoms with Gasteiger partial charge in [0.15, 0.2) is 0 Å². The quantitative estimate of drug-likeness (QED) is 0.697. The van der Waals surface area contributed by atoms with Crippen LogP contribution in [0.2, 0.25) is 0 Å². The molecule has 4 nitrogen and oxygen atoms in total. The molecule has 0 spiro atoms. The van der Waals surface area contributed by atoms with Crippen molar-refractivity contribution in [3.8, 4) is 0 Å². The number of fused-ring (bicyclic) bond motifs is 1. The second kappa shape index (κ2) is 10.5. The van der Waals surface area contributed by atoms with Crippen LogP contribution in [-0.4, -0.2) is 22.6 Å². The van der Waals surface area contributed by atoms with Crippen LogP contribution in [0.15, 0.2) is 30.5 Å². The third kappa shape index (κ3) is 5.76. The lowest BCUT2D eigenvalue weighted by atomic mass is 9.89. The van der Waals surface area contributed by atoms with Gasteiger partial charge in [-0.2, -0.15) is 0 Å². The van der Waals surface area contributed by atoms with Gasteiger partial charge in [0.1, 0.15) is 0 Å². The van der Waals surface area contributed by atoms with E-state index in [0.717, 1.165) is 44.6 Å². The maximum Gasteiger partial charge on any atom is 0.220 e. The van der Waals surface area contributed by atoms with E-state index in [1.807, 2.05) is 0 Å². The maximum atomic E-state index is 12.5. The second-order valence-electron chi connectivity index (χ2n) is 9.01. The van der Waals surface area contributed by atoms with Gasteiger partial charge in [-0.1, -0.05) is 37.5 Å². The summed E-state index contributed by atoms with van der Waals surface area (Å²) in [4.78, 5) is 12.5. The van der Waals surface area contributed by atoms with Crippen LogP contribution in [0.4, 0.5) is 0 Å². The maximum absolute atomic E-state index is 12.5. The molecular weight excluding hydrogens is 382 g/mol. The van der Waals surface area contributed by atoms with Gasteiger partial charge in [-0.15, -0.1) is 12.4 Å². The third-order valence-electron chi connectivity index (χ3n) is 6.81. The number of nitrogens with zero attached hydrogens (tertiary/aromatic N) is 1. The number of aryl methyl sites for hydroxylation is 1. The van der Waals surface area contributed by atoms with Gasteiger partial charge in [0.05, 0.1) is 0 Å². The highest BCUT2D eigenvalue weighted by molar-refractivity contribution is 5.85. The summed E-state index contributed by atoms with van der Waals surface area (Å²) in [5.41, 5.74) is 8.61. The Kier molecular flexibility index (Phi) is 8.02. The molecule has 3 N–H and O–H groups in total. The number of rotatable bonds is 6. The Morgan fingerprint density at radius 1 is 1.03 bits per heavy atom. The first-order valence-corrected chi connectivity index (χ1v) is 11.3. The molecule has 1 aromatic carbocycles. The van der Waals surface area contributed by atoms with Crippen LogP contribution in [0.1, 0.15) is 69.8 Å². The number of aromatic nitrogens is 1. The molecule has 1 aromatic heterocycles. The SMILES string of the molecule is Cl.NC1CCC(NC(=O)CCc2cn(CC3CCCCC3)c3ccccc23)CC1. The highest BCUT2D eigenvalue weighted by Gasteiger charge is 2.20.